The van der Waals surface area contributed by atoms with Crippen LogP contribution in [0.5, 0.6) is 5.75 Å². The Balaban J connectivity index is 1.56. The van der Waals surface area contributed by atoms with Gasteiger partial charge in [-0.3, -0.25) is 14.5 Å². The highest BCUT2D eigenvalue weighted by Crippen LogP contribution is 2.34. The first-order valence-corrected chi connectivity index (χ1v) is 10.8. The lowest BCUT2D eigenvalue weighted by atomic mass is 10.2. The summed E-state index contributed by atoms with van der Waals surface area (Å²) in [5.41, 5.74) is -0.0270. The molecule has 1 fully saturated rings. The van der Waals surface area contributed by atoms with Crippen molar-refractivity contribution in [2.45, 2.75) is 19.0 Å². The highest BCUT2D eigenvalue weighted by Gasteiger charge is 2.32. The van der Waals surface area contributed by atoms with Crippen LogP contribution in [0.15, 0.2) is 53.4 Å². The van der Waals surface area contributed by atoms with Crippen LogP contribution in [0.3, 0.4) is 0 Å². The summed E-state index contributed by atoms with van der Waals surface area (Å²) < 4.78 is 44.0. The van der Waals surface area contributed by atoms with Gasteiger partial charge in [-0.1, -0.05) is 48.2 Å². The minimum atomic E-state index is -4.49. The summed E-state index contributed by atoms with van der Waals surface area (Å²) in [4.78, 5) is 26.7. The number of thioether (sulfide) groups is 1. The van der Waals surface area contributed by atoms with E-state index in [1.807, 2.05) is 18.2 Å². The number of nitrogens with one attached hydrogen (secondary N) is 1. The summed E-state index contributed by atoms with van der Waals surface area (Å²) >= 11 is 6.46. The molecule has 1 N–H and O–H groups in total. The highest BCUT2D eigenvalue weighted by atomic mass is 32.2. The first kappa shape index (κ1) is 23.8. The number of hydrogen-bond acceptors (Lipinski definition) is 5. The molecule has 10 heteroatoms. The Morgan fingerprint density at radius 2 is 1.97 bits per heavy atom. The van der Waals surface area contributed by atoms with Crippen LogP contribution in [-0.2, 0) is 15.8 Å². The van der Waals surface area contributed by atoms with Crippen LogP contribution in [-0.4, -0.2) is 34.7 Å². The molecule has 168 valence electrons. The van der Waals surface area contributed by atoms with Crippen LogP contribution in [0, 0.1) is 0 Å². The number of nitrogens with zero attached hydrogens (tertiary/aromatic N) is 1. The Morgan fingerprint density at radius 3 is 2.69 bits per heavy atom. The predicted octanol–water partition coefficient (Wildman–Crippen LogP) is 5.33. The van der Waals surface area contributed by atoms with Crippen molar-refractivity contribution in [2.24, 2.45) is 0 Å². The monoisotopic (exact) mass is 480 g/mol. The van der Waals surface area contributed by atoms with Gasteiger partial charge < -0.3 is 10.1 Å². The first-order valence-electron chi connectivity index (χ1n) is 9.54. The maximum atomic E-state index is 12.8. The SMILES string of the molecule is COc1ccccc1/C=C1\SC(=S)N(CCCC(=O)Nc2cccc(C(F)(F)F)c2)C1=O. The Kier molecular flexibility index (Phi) is 7.57. The third-order valence-corrected chi connectivity index (χ3v) is 5.94. The second kappa shape index (κ2) is 10.2. The molecule has 1 aliphatic rings. The summed E-state index contributed by atoms with van der Waals surface area (Å²) in [6.07, 6.45) is -2.45. The fraction of sp³-hybridized carbons (Fsp3) is 0.227. The van der Waals surface area contributed by atoms with Crippen molar-refractivity contribution >= 4 is 51.9 Å². The van der Waals surface area contributed by atoms with E-state index in [-0.39, 0.29) is 24.6 Å². The van der Waals surface area contributed by atoms with Crippen LogP contribution >= 0.6 is 24.0 Å². The van der Waals surface area contributed by atoms with Gasteiger partial charge in [0.05, 0.1) is 17.6 Å². The number of ether oxygens (including phenoxy) is 1. The molecular weight excluding hydrogens is 461 g/mol. The van der Waals surface area contributed by atoms with E-state index in [0.29, 0.717) is 21.4 Å². The van der Waals surface area contributed by atoms with Crippen LogP contribution in [0.2, 0.25) is 0 Å². The lowest BCUT2D eigenvalue weighted by Gasteiger charge is -2.14. The van der Waals surface area contributed by atoms with Crippen LogP contribution < -0.4 is 10.1 Å². The fourth-order valence-corrected chi connectivity index (χ4v) is 4.31. The van der Waals surface area contributed by atoms with Crippen LogP contribution in [0.25, 0.3) is 6.08 Å². The largest absolute Gasteiger partial charge is 0.496 e. The zero-order valence-corrected chi connectivity index (χ0v) is 18.6. The number of methoxy groups -OCH3 is 1. The molecule has 0 aromatic heterocycles. The average molecular weight is 481 g/mol. The molecule has 2 aromatic carbocycles. The van der Waals surface area contributed by atoms with Crippen LogP contribution in [0.4, 0.5) is 18.9 Å². The van der Waals surface area contributed by atoms with E-state index in [4.69, 9.17) is 17.0 Å². The van der Waals surface area contributed by atoms with Crippen molar-refractivity contribution in [3.63, 3.8) is 0 Å². The molecule has 32 heavy (non-hydrogen) atoms. The molecule has 0 aliphatic carbocycles. The summed E-state index contributed by atoms with van der Waals surface area (Å²) in [6.45, 7) is 0.226. The third-order valence-electron chi connectivity index (χ3n) is 4.56. The number of carbonyl (C=O) groups is 2. The Morgan fingerprint density at radius 1 is 1.22 bits per heavy atom. The molecule has 0 unspecified atom stereocenters. The smallest absolute Gasteiger partial charge is 0.416 e. The zero-order chi connectivity index (χ0) is 23.3. The minimum absolute atomic E-state index is 0.0266. The molecule has 0 atom stereocenters. The lowest BCUT2D eigenvalue weighted by molar-refractivity contribution is -0.137. The maximum Gasteiger partial charge on any atom is 0.416 e. The molecule has 2 aromatic rings. The van der Waals surface area contributed by atoms with Crippen molar-refractivity contribution in [1.82, 2.24) is 4.90 Å². The van der Waals surface area contributed by atoms with Gasteiger partial charge in [0.15, 0.2) is 0 Å². The second-order valence-corrected chi connectivity index (χ2v) is 8.48. The Bertz CT molecular complexity index is 1070. The molecule has 1 saturated heterocycles. The number of hydrogen-bond donors (Lipinski definition) is 1. The van der Waals surface area contributed by atoms with Crippen molar-refractivity contribution < 1.29 is 27.5 Å². The van der Waals surface area contributed by atoms with E-state index in [0.717, 1.165) is 17.7 Å². The number of benzene rings is 2. The molecule has 0 radical (unpaired) electrons. The van der Waals surface area contributed by atoms with E-state index in [2.05, 4.69) is 5.32 Å². The van der Waals surface area contributed by atoms with Gasteiger partial charge in [-0.05, 0) is 36.8 Å². The van der Waals surface area contributed by atoms with Gasteiger partial charge in [0.2, 0.25) is 5.91 Å². The topological polar surface area (TPSA) is 58.6 Å². The van der Waals surface area contributed by atoms with Gasteiger partial charge in [0, 0.05) is 24.2 Å². The number of halogens is 3. The summed E-state index contributed by atoms with van der Waals surface area (Å²) in [7, 11) is 1.54. The minimum Gasteiger partial charge on any atom is -0.496 e. The fourth-order valence-electron chi connectivity index (χ4n) is 3.01. The number of alkyl halides is 3. The Hall–Kier alpha value is -2.85. The van der Waals surface area contributed by atoms with Gasteiger partial charge >= 0.3 is 6.18 Å². The molecule has 1 heterocycles. The van der Waals surface area contributed by atoms with Crippen LogP contribution in [0.1, 0.15) is 24.0 Å². The molecule has 0 bridgehead atoms. The zero-order valence-electron chi connectivity index (χ0n) is 16.9. The number of anilines is 1. The van der Waals surface area contributed by atoms with Crippen molar-refractivity contribution in [1.29, 1.82) is 0 Å². The van der Waals surface area contributed by atoms with E-state index < -0.39 is 17.6 Å². The lowest BCUT2D eigenvalue weighted by Crippen LogP contribution is -2.29. The Labute approximate surface area is 192 Å². The molecule has 2 amide bonds. The first-order chi connectivity index (χ1) is 15.2. The van der Waals surface area contributed by atoms with E-state index in [1.165, 1.54) is 28.8 Å². The van der Waals surface area contributed by atoms with Gasteiger partial charge in [-0.15, -0.1) is 0 Å². The molecular formula is C22H19F3N2O3S2. The highest BCUT2D eigenvalue weighted by molar-refractivity contribution is 8.26. The molecule has 5 nitrogen and oxygen atoms in total. The number of thiocarbonyl (C=S) groups is 1. The normalized spacial score (nSPS) is 15.4. The second-order valence-electron chi connectivity index (χ2n) is 6.81. The van der Waals surface area contributed by atoms with Gasteiger partial charge in [-0.2, -0.15) is 13.2 Å². The third kappa shape index (κ3) is 5.89. The summed E-state index contributed by atoms with van der Waals surface area (Å²) in [5, 5.41) is 2.45. The van der Waals surface area contributed by atoms with E-state index in [9.17, 15) is 22.8 Å². The number of amides is 2. The summed E-state index contributed by atoms with van der Waals surface area (Å²) in [6, 6.07) is 11.7. The standard InChI is InChI=1S/C22H19F3N2O3S2/c1-30-17-9-3-2-6-14(17)12-18-20(29)27(21(31)32-18)11-5-10-19(28)26-16-8-4-7-15(13-16)22(23,24)25/h2-4,6-9,12-13H,5,10-11H2,1H3,(H,26,28)/b18-12-. The number of para-hydroxylation sites is 1. The van der Waals surface area contributed by atoms with Crippen molar-refractivity contribution in [3.05, 3.63) is 64.6 Å². The molecule has 0 saturated carbocycles. The van der Waals surface area contributed by atoms with Crippen molar-refractivity contribution in [2.75, 3.05) is 19.0 Å². The summed E-state index contributed by atoms with van der Waals surface area (Å²) in [5.74, 6) is -0.0763. The van der Waals surface area contributed by atoms with Crippen molar-refractivity contribution in [3.8, 4) is 5.75 Å². The van der Waals surface area contributed by atoms with Gasteiger partial charge in [0.1, 0.15) is 10.1 Å². The predicted molar refractivity (Wildman–Crippen MR) is 122 cm³/mol. The van der Waals surface area contributed by atoms with E-state index >= 15 is 0 Å². The quantitative estimate of drug-likeness (QED) is 0.429. The number of rotatable bonds is 7. The molecule has 0 spiro atoms. The van der Waals surface area contributed by atoms with Gasteiger partial charge in [0.25, 0.3) is 5.91 Å². The number of carbonyl (C=O) groups excluding carboxylic acids is 2. The average Bonchev–Trinajstić information content (AvgIpc) is 3.01. The molecule has 3 rings (SSSR count). The van der Waals surface area contributed by atoms with E-state index in [1.54, 1.807) is 19.3 Å². The molecule has 1 aliphatic heterocycles. The maximum absolute atomic E-state index is 12.8. The van der Waals surface area contributed by atoms with Gasteiger partial charge in [-0.25, -0.2) is 0 Å².